The van der Waals surface area contributed by atoms with Crippen LogP contribution in [-0.4, -0.2) is 48.0 Å². The first-order valence-corrected chi connectivity index (χ1v) is 9.47. The fraction of sp³-hybridized carbons (Fsp3) is 0.429. The van der Waals surface area contributed by atoms with Crippen molar-refractivity contribution in [2.24, 2.45) is 0 Å². The fourth-order valence-corrected chi connectivity index (χ4v) is 3.88. The smallest absolute Gasteiger partial charge is 0.219 e. The summed E-state index contributed by atoms with van der Waals surface area (Å²) in [6.45, 7) is 5.08. The summed E-state index contributed by atoms with van der Waals surface area (Å²) < 4.78 is 0. The molecule has 1 aliphatic heterocycles. The number of carbonyl (C=O) groups is 1. The van der Waals surface area contributed by atoms with Crippen LogP contribution in [0.3, 0.4) is 0 Å². The number of hydrogen-bond donors (Lipinski definition) is 1. The van der Waals surface area contributed by atoms with Gasteiger partial charge in [0.15, 0.2) is 0 Å². The van der Waals surface area contributed by atoms with Crippen LogP contribution in [0.1, 0.15) is 31.4 Å². The number of hydrogen-bond acceptors (Lipinski definition) is 4. The lowest BCUT2D eigenvalue weighted by Crippen LogP contribution is -2.48. The van der Waals surface area contributed by atoms with Crippen molar-refractivity contribution in [3.05, 3.63) is 54.4 Å². The molecule has 26 heavy (non-hydrogen) atoms. The van der Waals surface area contributed by atoms with Crippen molar-refractivity contribution in [3.8, 4) is 0 Å². The summed E-state index contributed by atoms with van der Waals surface area (Å²) >= 11 is 0. The lowest BCUT2D eigenvalue weighted by molar-refractivity contribution is -0.129. The van der Waals surface area contributed by atoms with Crippen molar-refractivity contribution < 1.29 is 4.79 Å². The van der Waals surface area contributed by atoms with Crippen LogP contribution in [0.2, 0.25) is 0 Å². The number of piperazine rings is 1. The van der Waals surface area contributed by atoms with E-state index in [4.69, 9.17) is 0 Å². The Labute approximate surface area is 155 Å². The molecule has 0 atom stereocenters. The zero-order chi connectivity index (χ0) is 17.9. The van der Waals surface area contributed by atoms with Crippen LogP contribution in [0, 0.1) is 0 Å². The topological polar surface area (TPSA) is 48.5 Å². The van der Waals surface area contributed by atoms with Gasteiger partial charge in [0.25, 0.3) is 0 Å². The molecule has 0 unspecified atom stereocenters. The Morgan fingerprint density at radius 1 is 1.04 bits per heavy atom. The Bertz CT molecular complexity index is 732. The number of aromatic nitrogens is 1. The monoisotopic (exact) mass is 350 g/mol. The van der Waals surface area contributed by atoms with Crippen LogP contribution in [0.5, 0.6) is 0 Å². The van der Waals surface area contributed by atoms with E-state index in [2.05, 4.69) is 51.6 Å². The van der Waals surface area contributed by atoms with Crippen LogP contribution in [-0.2, 0) is 4.79 Å². The third-order valence-electron chi connectivity index (χ3n) is 5.57. The quantitative estimate of drug-likeness (QED) is 0.920. The van der Waals surface area contributed by atoms with E-state index in [1.54, 1.807) is 6.92 Å². The van der Waals surface area contributed by atoms with E-state index < -0.39 is 0 Å². The van der Waals surface area contributed by atoms with E-state index in [9.17, 15) is 4.79 Å². The molecular formula is C21H26N4O. The highest BCUT2D eigenvalue weighted by Gasteiger charge is 2.31. The van der Waals surface area contributed by atoms with Crippen molar-refractivity contribution in [2.75, 3.05) is 36.4 Å². The third-order valence-corrected chi connectivity index (χ3v) is 5.57. The van der Waals surface area contributed by atoms with Crippen LogP contribution < -0.4 is 10.2 Å². The van der Waals surface area contributed by atoms with Gasteiger partial charge in [-0.05, 0) is 49.2 Å². The summed E-state index contributed by atoms with van der Waals surface area (Å²) in [5.74, 6) is 0.763. The Hall–Kier alpha value is -2.56. The maximum atomic E-state index is 11.4. The van der Waals surface area contributed by atoms with E-state index in [0.717, 1.165) is 39.0 Å². The minimum atomic E-state index is 0.175. The first kappa shape index (κ1) is 16.9. The molecule has 2 fully saturated rings. The summed E-state index contributed by atoms with van der Waals surface area (Å²) in [6.07, 6.45) is 4.17. The molecule has 1 saturated carbocycles. The van der Waals surface area contributed by atoms with Gasteiger partial charge in [0.2, 0.25) is 5.91 Å². The molecule has 1 aromatic heterocycles. The summed E-state index contributed by atoms with van der Waals surface area (Å²) in [5, 5.41) is 3.63. The van der Waals surface area contributed by atoms with Crippen LogP contribution in [0.4, 0.5) is 11.4 Å². The molecule has 5 nitrogen and oxygen atoms in total. The Morgan fingerprint density at radius 2 is 1.77 bits per heavy atom. The number of rotatable bonds is 4. The van der Waals surface area contributed by atoms with Gasteiger partial charge in [-0.15, -0.1) is 0 Å². The van der Waals surface area contributed by atoms with Crippen molar-refractivity contribution in [2.45, 2.75) is 31.7 Å². The Morgan fingerprint density at radius 3 is 2.38 bits per heavy atom. The van der Waals surface area contributed by atoms with Crippen LogP contribution >= 0.6 is 0 Å². The number of anilines is 2. The Balaban J connectivity index is 1.27. The molecule has 1 amide bonds. The van der Waals surface area contributed by atoms with Gasteiger partial charge in [-0.1, -0.05) is 6.07 Å². The number of carbonyl (C=O) groups excluding carboxylic acids is 1. The van der Waals surface area contributed by atoms with Crippen LogP contribution in [0.15, 0.2) is 48.7 Å². The SMILES string of the molecule is CC(=O)N1CCN(c2ccc(NC3CC(c4ccccn4)C3)cc2)CC1. The van der Waals surface area contributed by atoms with E-state index in [1.807, 2.05) is 17.2 Å². The maximum Gasteiger partial charge on any atom is 0.219 e. The molecule has 136 valence electrons. The van der Waals surface area contributed by atoms with Gasteiger partial charge in [0, 0.05) is 68.3 Å². The standard InChI is InChI=1S/C21H26N4O/c1-16(26)24-10-12-25(13-11-24)20-7-5-18(6-8-20)23-19-14-17(15-19)21-4-2-3-9-22-21/h2-9,17,19,23H,10-15H2,1H3. The molecule has 0 radical (unpaired) electrons. The van der Waals surface area contributed by atoms with Crippen molar-refractivity contribution in [1.29, 1.82) is 0 Å². The second kappa shape index (κ2) is 7.36. The number of benzene rings is 1. The molecule has 2 heterocycles. The highest BCUT2D eigenvalue weighted by molar-refractivity contribution is 5.73. The zero-order valence-corrected chi connectivity index (χ0v) is 15.3. The van der Waals surface area contributed by atoms with Gasteiger partial charge in [-0.3, -0.25) is 9.78 Å². The highest BCUT2D eigenvalue weighted by Crippen LogP contribution is 2.37. The predicted octanol–water partition coefficient (Wildman–Crippen LogP) is 3.11. The van der Waals surface area contributed by atoms with Crippen molar-refractivity contribution >= 4 is 17.3 Å². The van der Waals surface area contributed by atoms with E-state index >= 15 is 0 Å². The summed E-state index contributed by atoms with van der Waals surface area (Å²) in [5.41, 5.74) is 3.63. The molecule has 0 bridgehead atoms. The average molecular weight is 350 g/mol. The maximum absolute atomic E-state index is 11.4. The van der Waals surface area contributed by atoms with Gasteiger partial charge in [0.05, 0.1) is 0 Å². The van der Waals surface area contributed by atoms with Crippen molar-refractivity contribution in [1.82, 2.24) is 9.88 Å². The average Bonchev–Trinajstić information content (AvgIpc) is 2.65. The second-order valence-electron chi connectivity index (χ2n) is 7.30. The van der Waals surface area contributed by atoms with E-state index in [-0.39, 0.29) is 5.91 Å². The molecule has 1 saturated heterocycles. The largest absolute Gasteiger partial charge is 0.382 e. The summed E-state index contributed by atoms with van der Waals surface area (Å²) in [7, 11) is 0. The number of nitrogens with zero attached hydrogens (tertiary/aromatic N) is 3. The molecule has 1 aliphatic carbocycles. The number of nitrogens with one attached hydrogen (secondary N) is 1. The molecule has 5 heteroatoms. The molecule has 2 aliphatic rings. The molecule has 2 aromatic rings. The van der Waals surface area contributed by atoms with Gasteiger partial charge in [-0.2, -0.15) is 0 Å². The summed E-state index contributed by atoms with van der Waals surface area (Å²) in [4.78, 5) is 20.2. The number of pyridine rings is 1. The molecule has 1 aromatic carbocycles. The normalized spacial score (nSPS) is 22.7. The lowest BCUT2D eigenvalue weighted by Gasteiger charge is -2.37. The van der Waals surface area contributed by atoms with Gasteiger partial charge in [0.1, 0.15) is 0 Å². The fourth-order valence-electron chi connectivity index (χ4n) is 3.88. The zero-order valence-electron chi connectivity index (χ0n) is 15.3. The van der Waals surface area contributed by atoms with E-state index in [1.165, 1.54) is 17.1 Å². The highest BCUT2D eigenvalue weighted by atomic mass is 16.2. The van der Waals surface area contributed by atoms with Crippen LogP contribution in [0.25, 0.3) is 0 Å². The minimum Gasteiger partial charge on any atom is -0.382 e. The molecule has 1 N–H and O–H groups in total. The Kier molecular flexibility index (Phi) is 4.78. The lowest BCUT2D eigenvalue weighted by atomic mass is 9.78. The summed E-state index contributed by atoms with van der Waals surface area (Å²) in [6, 6.07) is 15.4. The van der Waals surface area contributed by atoms with Crippen molar-refractivity contribution in [3.63, 3.8) is 0 Å². The van der Waals surface area contributed by atoms with E-state index in [0.29, 0.717) is 12.0 Å². The first-order valence-electron chi connectivity index (χ1n) is 9.47. The first-order chi connectivity index (χ1) is 12.7. The predicted molar refractivity (Wildman–Crippen MR) is 105 cm³/mol. The molecule has 0 spiro atoms. The molecule has 4 rings (SSSR count). The van der Waals surface area contributed by atoms with Gasteiger partial charge in [-0.25, -0.2) is 0 Å². The van der Waals surface area contributed by atoms with Gasteiger partial charge < -0.3 is 15.1 Å². The second-order valence-corrected chi connectivity index (χ2v) is 7.30. The third kappa shape index (κ3) is 3.66. The minimum absolute atomic E-state index is 0.175. The molecular weight excluding hydrogens is 324 g/mol. The number of amides is 1. The van der Waals surface area contributed by atoms with Gasteiger partial charge >= 0.3 is 0 Å².